The summed E-state index contributed by atoms with van der Waals surface area (Å²) in [7, 11) is 0. The molecule has 2 aromatic carbocycles. The van der Waals surface area contributed by atoms with Crippen molar-refractivity contribution in [2.24, 2.45) is 0 Å². The average Bonchev–Trinajstić information content (AvgIpc) is 2.71. The van der Waals surface area contributed by atoms with E-state index in [9.17, 15) is 4.79 Å². The van der Waals surface area contributed by atoms with Crippen molar-refractivity contribution in [1.29, 1.82) is 0 Å². The van der Waals surface area contributed by atoms with Crippen LogP contribution >= 0.6 is 11.6 Å². The van der Waals surface area contributed by atoms with Crippen molar-refractivity contribution in [1.82, 2.24) is 9.88 Å². The molecule has 1 aliphatic rings. The summed E-state index contributed by atoms with van der Waals surface area (Å²) in [6.07, 6.45) is 2.54. The van der Waals surface area contributed by atoms with Crippen LogP contribution in [0.5, 0.6) is 0 Å². The van der Waals surface area contributed by atoms with E-state index >= 15 is 0 Å². The van der Waals surface area contributed by atoms with E-state index in [0.717, 1.165) is 45.4 Å². The summed E-state index contributed by atoms with van der Waals surface area (Å²) < 4.78 is 5.97. The Bertz CT molecular complexity index is 1040. The Kier molecular flexibility index (Phi) is 5.20. The molecular weight excluding hydrogens is 374 g/mol. The molecule has 0 bridgehead atoms. The molecule has 1 atom stereocenters. The van der Waals surface area contributed by atoms with Crippen LogP contribution < -0.4 is 5.32 Å². The Morgan fingerprint density at radius 1 is 1.29 bits per heavy atom. The fraction of sp³-hybridized carbons (Fsp3) is 0.273. The number of pyridine rings is 1. The molecule has 0 saturated carbocycles. The van der Waals surface area contributed by atoms with E-state index in [2.05, 4.69) is 23.3 Å². The Morgan fingerprint density at radius 3 is 2.96 bits per heavy atom. The first-order valence-corrected chi connectivity index (χ1v) is 9.67. The second-order valence-corrected chi connectivity index (χ2v) is 7.53. The second kappa shape index (κ2) is 7.78. The van der Waals surface area contributed by atoms with Crippen molar-refractivity contribution in [3.05, 3.63) is 64.3 Å². The lowest BCUT2D eigenvalue weighted by molar-refractivity contribution is -0.125. The first-order chi connectivity index (χ1) is 13.6. The minimum Gasteiger partial charge on any atom is -0.370 e. The van der Waals surface area contributed by atoms with Crippen LogP contribution in [-0.2, 0) is 9.53 Å². The molecule has 3 aromatic rings. The highest BCUT2D eigenvalue weighted by atomic mass is 35.5. The van der Waals surface area contributed by atoms with Crippen molar-refractivity contribution in [2.45, 2.75) is 20.0 Å². The van der Waals surface area contributed by atoms with Crippen LogP contribution in [0.3, 0.4) is 0 Å². The number of carbonyl (C=O) groups excluding carboxylic acids is 1. The monoisotopic (exact) mass is 395 g/mol. The maximum atomic E-state index is 11.2. The van der Waals surface area contributed by atoms with Crippen LogP contribution in [0.1, 0.15) is 22.8 Å². The Morgan fingerprint density at radius 2 is 2.14 bits per heavy atom. The van der Waals surface area contributed by atoms with Gasteiger partial charge in [-0.3, -0.25) is 4.79 Å². The number of amides is 1. The van der Waals surface area contributed by atoms with Crippen LogP contribution in [0.4, 0.5) is 11.5 Å². The van der Waals surface area contributed by atoms with Gasteiger partial charge in [-0.15, -0.1) is 0 Å². The van der Waals surface area contributed by atoms with Gasteiger partial charge in [0.15, 0.2) is 0 Å². The highest BCUT2D eigenvalue weighted by Gasteiger charge is 2.24. The fourth-order valence-electron chi connectivity index (χ4n) is 3.68. The van der Waals surface area contributed by atoms with Crippen LogP contribution in [0.15, 0.2) is 42.6 Å². The summed E-state index contributed by atoms with van der Waals surface area (Å²) in [4.78, 5) is 17.6. The number of ether oxygens (including phenoxy) is 1. The zero-order chi connectivity index (χ0) is 19.7. The first-order valence-electron chi connectivity index (χ1n) is 9.29. The van der Waals surface area contributed by atoms with Crippen LogP contribution in [0.25, 0.3) is 10.8 Å². The van der Waals surface area contributed by atoms with E-state index < -0.39 is 0 Å². The van der Waals surface area contributed by atoms with Crippen LogP contribution in [0, 0.1) is 13.8 Å². The van der Waals surface area contributed by atoms with Crippen molar-refractivity contribution >= 4 is 40.3 Å². The van der Waals surface area contributed by atoms with Crippen LogP contribution in [-0.4, -0.2) is 36.0 Å². The Labute approximate surface area is 169 Å². The molecule has 1 saturated heterocycles. The standard InChI is InChI=1S/C22H22ClN3O2/c1-14-6-7-18(23)19(10-14)25-22-16-5-3-4-15(2)21(16)17(11-24-22)20-12-26(13-27)8-9-28-20/h3-7,10-11,13,20H,8-9,12H2,1-2H3,(H,24,25). The zero-order valence-electron chi connectivity index (χ0n) is 15.9. The molecule has 0 aliphatic carbocycles. The lowest BCUT2D eigenvalue weighted by atomic mass is 9.97. The van der Waals surface area contributed by atoms with Crippen molar-refractivity contribution in [2.75, 3.05) is 25.0 Å². The molecule has 1 aromatic heterocycles. The number of fused-ring (bicyclic) bond motifs is 1. The van der Waals surface area contributed by atoms with Gasteiger partial charge in [0, 0.05) is 23.7 Å². The van der Waals surface area contributed by atoms with Crippen molar-refractivity contribution < 1.29 is 9.53 Å². The number of hydrogen-bond acceptors (Lipinski definition) is 4. The lowest BCUT2D eigenvalue weighted by Crippen LogP contribution is -2.37. The molecule has 144 valence electrons. The maximum absolute atomic E-state index is 11.2. The summed E-state index contributed by atoms with van der Waals surface area (Å²) in [5.74, 6) is 0.748. The highest BCUT2D eigenvalue weighted by molar-refractivity contribution is 6.33. The van der Waals surface area contributed by atoms with E-state index in [1.807, 2.05) is 43.5 Å². The summed E-state index contributed by atoms with van der Waals surface area (Å²) in [6.45, 7) is 5.78. The van der Waals surface area contributed by atoms with E-state index in [1.54, 1.807) is 4.90 Å². The summed E-state index contributed by atoms with van der Waals surface area (Å²) in [5.41, 5.74) is 4.08. The Hall–Kier alpha value is -2.63. The van der Waals surface area contributed by atoms with Gasteiger partial charge in [0.05, 0.1) is 23.9 Å². The predicted molar refractivity (Wildman–Crippen MR) is 112 cm³/mol. The molecule has 1 N–H and O–H groups in total. The van der Waals surface area contributed by atoms with Crippen LogP contribution in [0.2, 0.25) is 5.02 Å². The first kappa shape index (κ1) is 18.7. The molecule has 6 heteroatoms. The van der Waals surface area contributed by atoms with Gasteiger partial charge in [0.25, 0.3) is 0 Å². The number of aromatic nitrogens is 1. The number of aryl methyl sites for hydroxylation is 2. The minimum atomic E-state index is -0.188. The molecular formula is C22H22ClN3O2. The average molecular weight is 396 g/mol. The van der Waals surface area contributed by atoms with Gasteiger partial charge in [-0.25, -0.2) is 4.98 Å². The lowest BCUT2D eigenvalue weighted by Gasteiger charge is -2.31. The van der Waals surface area contributed by atoms with Gasteiger partial charge in [-0.05, 0) is 42.5 Å². The molecule has 0 radical (unpaired) electrons. The van der Waals surface area contributed by atoms with Gasteiger partial charge in [0.2, 0.25) is 6.41 Å². The number of morpholine rings is 1. The number of carbonyl (C=O) groups is 1. The molecule has 1 aliphatic heterocycles. The number of rotatable bonds is 4. The third-order valence-electron chi connectivity index (χ3n) is 5.12. The molecule has 1 amide bonds. The molecule has 0 spiro atoms. The normalized spacial score (nSPS) is 17.0. The molecule has 2 heterocycles. The smallest absolute Gasteiger partial charge is 0.209 e. The zero-order valence-corrected chi connectivity index (χ0v) is 16.7. The summed E-state index contributed by atoms with van der Waals surface area (Å²) in [6, 6.07) is 12.0. The Balaban J connectivity index is 1.79. The summed E-state index contributed by atoms with van der Waals surface area (Å²) in [5, 5.41) is 6.13. The molecule has 4 rings (SSSR count). The van der Waals surface area contributed by atoms with Gasteiger partial charge >= 0.3 is 0 Å². The van der Waals surface area contributed by atoms with Gasteiger partial charge < -0.3 is 15.0 Å². The third kappa shape index (κ3) is 3.55. The number of nitrogens with zero attached hydrogens (tertiary/aromatic N) is 2. The number of halogens is 1. The van der Waals surface area contributed by atoms with Crippen molar-refractivity contribution in [3.8, 4) is 0 Å². The second-order valence-electron chi connectivity index (χ2n) is 7.13. The van der Waals surface area contributed by atoms with Crippen molar-refractivity contribution in [3.63, 3.8) is 0 Å². The van der Waals surface area contributed by atoms with E-state index in [0.29, 0.717) is 24.7 Å². The molecule has 28 heavy (non-hydrogen) atoms. The fourth-order valence-corrected chi connectivity index (χ4v) is 3.84. The third-order valence-corrected chi connectivity index (χ3v) is 5.45. The van der Waals surface area contributed by atoms with Gasteiger partial charge in [0.1, 0.15) is 11.9 Å². The summed E-state index contributed by atoms with van der Waals surface area (Å²) >= 11 is 6.36. The topological polar surface area (TPSA) is 54.5 Å². The highest BCUT2D eigenvalue weighted by Crippen LogP contribution is 2.35. The predicted octanol–water partition coefficient (Wildman–Crippen LogP) is 4.78. The number of benzene rings is 2. The number of anilines is 2. The molecule has 5 nitrogen and oxygen atoms in total. The molecule has 1 unspecified atom stereocenters. The maximum Gasteiger partial charge on any atom is 0.209 e. The van der Waals surface area contributed by atoms with E-state index in [4.69, 9.17) is 16.3 Å². The van der Waals surface area contributed by atoms with Gasteiger partial charge in [-0.2, -0.15) is 0 Å². The molecule has 1 fully saturated rings. The number of hydrogen-bond donors (Lipinski definition) is 1. The van der Waals surface area contributed by atoms with E-state index in [1.165, 1.54) is 0 Å². The number of nitrogens with one attached hydrogen (secondary N) is 1. The SMILES string of the molecule is Cc1ccc(Cl)c(Nc2ncc(C3CN(C=O)CCO3)c3c(C)cccc23)c1. The van der Waals surface area contributed by atoms with E-state index in [-0.39, 0.29) is 6.10 Å². The minimum absolute atomic E-state index is 0.188. The van der Waals surface area contributed by atoms with Gasteiger partial charge in [-0.1, -0.05) is 35.9 Å². The largest absolute Gasteiger partial charge is 0.370 e. The quantitative estimate of drug-likeness (QED) is 0.646.